The van der Waals surface area contributed by atoms with Gasteiger partial charge in [-0.05, 0) is 30.8 Å². The Morgan fingerprint density at radius 3 is 2.29 bits per heavy atom. The van der Waals surface area contributed by atoms with Crippen LogP contribution in [0.25, 0.3) is 5.69 Å². The Balaban J connectivity index is 1.89. The number of aromatic amines is 1. The number of nitrogens with zero attached hydrogens (tertiary/aromatic N) is 3. The number of aromatic nitrogens is 2. The highest BCUT2D eigenvalue weighted by atomic mass is 16.5. The number of nitrogens with one attached hydrogen (secondary N) is 1. The number of H-pyrrole nitrogens is 1. The predicted octanol–water partition coefficient (Wildman–Crippen LogP) is 0.676. The van der Waals surface area contributed by atoms with E-state index in [-0.39, 0.29) is 5.56 Å². The van der Waals surface area contributed by atoms with Gasteiger partial charge in [-0.3, -0.25) is 9.78 Å². The molecule has 2 heterocycles. The molecule has 7 heteroatoms. The molecule has 1 aromatic heterocycles. The van der Waals surface area contributed by atoms with Gasteiger partial charge in [0.1, 0.15) is 11.6 Å². The molecule has 1 aliphatic heterocycles. The van der Waals surface area contributed by atoms with Crippen LogP contribution in [-0.2, 0) is 0 Å². The molecule has 1 N–H and O–H groups in total. The lowest BCUT2D eigenvalue weighted by molar-refractivity contribution is 0.270. The maximum Gasteiger partial charge on any atom is 0.334 e. The number of piperazine rings is 1. The molecule has 1 aliphatic rings. The lowest BCUT2D eigenvalue weighted by Crippen LogP contribution is -2.47. The van der Waals surface area contributed by atoms with Gasteiger partial charge in [0.05, 0.1) is 12.8 Å². The zero-order chi connectivity index (χ0) is 17.1. The highest BCUT2D eigenvalue weighted by Crippen LogP contribution is 2.14. The summed E-state index contributed by atoms with van der Waals surface area (Å²) in [5, 5.41) is 0. The number of hydrogen-bond acceptors (Lipinski definition) is 5. The molecule has 24 heavy (non-hydrogen) atoms. The van der Waals surface area contributed by atoms with E-state index in [0.29, 0.717) is 17.3 Å². The summed E-state index contributed by atoms with van der Waals surface area (Å²) in [5.41, 5.74) is -0.248. The first-order valence-corrected chi connectivity index (χ1v) is 8.10. The summed E-state index contributed by atoms with van der Waals surface area (Å²) in [6, 6.07) is 8.32. The van der Waals surface area contributed by atoms with Gasteiger partial charge in [-0.25, -0.2) is 9.36 Å². The molecule has 3 rings (SSSR count). The fourth-order valence-electron chi connectivity index (χ4n) is 2.93. The number of likely N-dealkylation sites (N-methyl/N-ethyl adjacent to an activating group) is 1. The van der Waals surface area contributed by atoms with E-state index in [0.717, 1.165) is 37.3 Å². The van der Waals surface area contributed by atoms with Gasteiger partial charge >= 0.3 is 5.69 Å². The third-order valence-electron chi connectivity index (χ3n) is 4.41. The second kappa shape index (κ2) is 6.92. The SMILES string of the molecule is CCN1CCN(c2cc(=O)n(-c3ccc(OC)cc3)c(=O)[nH]2)CC1. The molecule has 0 spiro atoms. The summed E-state index contributed by atoms with van der Waals surface area (Å²) in [5.74, 6) is 1.26. The Hall–Kier alpha value is -2.54. The monoisotopic (exact) mass is 330 g/mol. The van der Waals surface area contributed by atoms with Gasteiger partial charge in [0, 0.05) is 32.2 Å². The van der Waals surface area contributed by atoms with Crippen molar-refractivity contribution in [1.82, 2.24) is 14.5 Å². The molecular formula is C17H22N4O3. The van der Waals surface area contributed by atoms with Crippen LogP contribution in [0.2, 0.25) is 0 Å². The fourth-order valence-corrected chi connectivity index (χ4v) is 2.93. The third kappa shape index (κ3) is 3.21. The average Bonchev–Trinajstić information content (AvgIpc) is 2.61. The summed E-state index contributed by atoms with van der Waals surface area (Å²) in [4.78, 5) is 32.1. The molecule has 1 saturated heterocycles. The summed E-state index contributed by atoms with van der Waals surface area (Å²) >= 11 is 0. The van der Waals surface area contributed by atoms with E-state index in [1.165, 1.54) is 6.07 Å². The minimum atomic E-state index is -0.430. The van der Waals surface area contributed by atoms with Gasteiger partial charge in [-0.15, -0.1) is 0 Å². The molecule has 128 valence electrons. The number of anilines is 1. The van der Waals surface area contributed by atoms with Crippen LogP contribution in [0.5, 0.6) is 5.75 Å². The number of hydrogen-bond donors (Lipinski definition) is 1. The summed E-state index contributed by atoms with van der Waals surface area (Å²) in [7, 11) is 1.57. The van der Waals surface area contributed by atoms with Gasteiger partial charge in [-0.1, -0.05) is 6.92 Å². The largest absolute Gasteiger partial charge is 0.497 e. The summed E-state index contributed by atoms with van der Waals surface area (Å²) in [6.45, 7) is 6.61. The van der Waals surface area contributed by atoms with Gasteiger partial charge in [-0.2, -0.15) is 0 Å². The molecule has 0 aliphatic carbocycles. The first-order chi connectivity index (χ1) is 11.6. The maximum absolute atomic E-state index is 12.5. The molecule has 0 saturated carbocycles. The number of benzene rings is 1. The van der Waals surface area contributed by atoms with Crippen molar-refractivity contribution in [3.8, 4) is 11.4 Å². The first kappa shape index (κ1) is 16.3. The van der Waals surface area contributed by atoms with Crippen LogP contribution in [0.1, 0.15) is 6.92 Å². The van der Waals surface area contributed by atoms with Crippen molar-refractivity contribution in [3.05, 3.63) is 51.2 Å². The van der Waals surface area contributed by atoms with Gasteiger partial charge < -0.3 is 14.5 Å². The Morgan fingerprint density at radius 2 is 1.75 bits per heavy atom. The van der Waals surface area contributed by atoms with Gasteiger partial charge in [0.25, 0.3) is 5.56 Å². The Kier molecular flexibility index (Phi) is 4.71. The number of rotatable bonds is 4. The lowest BCUT2D eigenvalue weighted by Gasteiger charge is -2.34. The molecule has 0 unspecified atom stereocenters. The molecule has 7 nitrogen and oxygen atoms in total. The van der Waals surface area contributed by atoms with E-state index in [9.17, 15) is 9.59 Å². The molecule has 1 fully saturated rings. The number of methoxy groups -OCH3 is 1. The third-order valence-corrected chi connectivity index (χ3v) is 4.41. The first-order valence-electron chi connectivity index (χ1n) is 8.10. The Morgan fingerprint density at radius 1 is 1.08 bits per heavy atom. The molecule has 0 atom stereocenters. The smallest absolute Gasteiger partial charge is 0.334 e. The fraction of sp³-hybridized carbons (Fsp3) is 0.412. The van der Waals surface area contributed by atoms with Crippen molar-refractivity contribution >= 4 is 5.82 Å². The van der Waals surface area contributed by atoms with Crippen molar-refractivity contribution in [3.63, 3.8) is 0 Å². The van der Waals surface area contributed by atoms with E-state index in [1.54, 1.807) is 31.4 Å². The topological polar surface area (TPSA) is 70.6 Å². The van der Waals surface area contributed by atoms with Crippen LogP contribution in [0.4, 0.5) is 5.82 Å². The van der Waals surface area contributed by atoms with Crippen molar-refractivity contribution in [2.75, 3.05) is 44.7 Å². The van der Waals surface area contributed by atoms with Crippen molar-refractivity contribution in [2.45, 2.75) is 6.92 Å². The van der Waals surface area contributed by atoms with E-state index in [1.807, 2.05) is 4.90 Å². The highest BCUT2D eigenvalue weighted by molar-refractivity contribution is 5.41. The molecule has 0 radical (unpaired) electrons. The zero-order valence-corrected chi connectivity index (χ0v) is 14.0. The van der Waals surface area contributed by atoms with E-state index >= 15 is 0 Å². The van der Waals surface area contributed by atoms with Crippen LogP contribution in [0.3, 0.4) is 0 Å². The second-order valence-electron chi connectivity index (χ2n) is 5.75. The molecule has 1 aromatic carbocycles. The summed E-state index contributed by atoms with van der Waals surface area (Å²) in [6.07, 6.45) is 0. The van der Waals surface area contributed by atoms with Crippen LogP contribution >= 0.6 is 0 Å². The van der Waals surface area contributed by atoms with E-state index < -0.39 is 5.69 Å². The van der Waals surface area contributed by atoms with Crippen molar-refractivity contribution in [2.24, 2.45) is 0 Å². The quantitative estimate of drug-likeness (QED) is 0.892. The molecular weight excluding hydrogens is 308 g/mol. The molecule has 0 amide bonds. The Bertz CT molecular complexity index is 771. The second-order valence-corrected chi connectivity index (χ2v) is 5.75. The van der Waals surface area contributed by atoms with Crippen LogP contribution in [0, 0.1) is 0 Å². The normalized spacial score (nSPS) is 15.5. The molecule has 2 aromatic rings. The standard InChI is InChI=1S/C17H22N4O3/c1-3-19-8-10-20(11-9-19)15-12-16(22)21(17(23)18-15)13-4-6-14(24-2)7-5-13/h4-7,12H,3,8-11H2,1-2H3,(H,18,23). The minimum absolute atomic E-state index is 0.336. The Labute approximate surface area is 140 Å². The van der Waals surface area contributed by atoms with Crippen molar-refractivity contribution < 1.29 is 4.74 Å². The molecule has 0 bridgehead atoms. The minimum Gasteiger partial charge on any atom is -0.497 e. The van der Waals surface area contributed by atoms with Gasteiger partial charge in [0.2, 0.25) is 0 Å². The zero-order valence-electron chi connectivity index (χ0n) is 14.0. The van der Waals surface area contributed by atoms with E-state index in [2.05, 4.69) is 16.8 Å². The maximum atomic E-state index is 12.5. The summed E-state index contributed by atoms with van der Waals surface area (Å²) < 4.78 is 6.23. The average molecular weight is 330 g/mol. The van der Waals surface area contributed by atoms with E-state index in [4.69, 9.17) is 4.74 Å². The lowest BCUT2D eigenvalue weighted by atomic mass is 10.3. The van der Waals surface area contributed by atoms with Crippen LogP contribution in [0.15, 0.2) is 39.9 Å². The van der Waals surface area contributed by atoms with Gasteiger partial charge in [0.15, 0.2) is 0 Å². The number of ether oxygens (including phenoxy) is 1. The predicted molar refractivity (Wildman–Crippen MR) is 93.5 cm³/mol. The van der Waals surface area contributed by atoms with Crippen molar-refractivity contribution in [1.29, 1.82) is 0 Å². The highest BCUT2D eigenvalue weighted by Gasteiger charge is 2.18. The van der Waals surface area contributed by atoms with Crippen LogP contribution in [-0.4, -0.2) is 54.3 Å². The van der Waals surface area contributed by atoms with Crippen LogP contribution < -0.4 is 20.9 Å².